The second kappa shape index (κ2) is 6.47. The van der Waals surface area contributed by atoms with E-state index in [1.54, 1.807) is 4.90 Å². The quantitative estimate of drug-likeness (QED) is 0.739. The number of likely N-dealkylation sites (tertiary alicyclic amines) is 1. The molecule has 1 saturated carbocycles. The highest BCUT2D eigenvalue weighted by Gasteiger charge is 2.51. The molecular formula is C16H26N4O3. The Labute approximate surface area is 136 Å². The Bertz CT molecular complexity index is 502. The number of nitrogens with zero attached hydrogens (tertiary/aromatic N) is 2. The molecule has 2 saturated heterocycles. The maximum Gasteiger partial charge on any atom is 0.325 e. The number of hydrogen-bond acceptors (Lipinski definition) is 4. The molecule has 0 bridgehead atoms. The number of nitrogens with one attached hydrogen (secondary N) is 2. The number of rotatable bonds is 3. The van der Waals surface area contributed by atoms with Crippen LogP contribution in [0.3, 0.4) is 0 Å². The van der Waals surface area contributed by atoms with Crippen molar-refractivity contribution in [1.29, 1.82) is 0 Å². The van der Waals surface area contributed by atoms with Crippen molar-refractivity contribution in [2.24, 2.45) is 0 Å². The Kier molecular flexibility index (Phi) is 4.57. The zero-order valence-corrected chi connectivity index (χ0v) is 13.8. The Morgan fingerprint density at radius 1 is 1.26 bits per heavy atom. The molecule has 3 aliphatic rings. The van der Waals surface area contributed by atoms with E-state index >= 15 is 0 Å². The molecule has 4 amide bonds. The largest absolute Gasteiger partial charge is 0.340 e. The van der Waals surface area contributed by atoms with Gasteiger partial charge in [-0.15, -0.1) is 0 Å². The van der Waals surface area contributed by atoms with Crippen molar-refractivity contribution in [1.82, 2.24) is 20.4 Å². The van der Waals surface area contributed by atoms with Crippen LogP contribution in [0.15, 0.2) is 0 Å². The van der Waals surface area contributed by atoms with Crippen LogP contribution in [-0.4, -0.2) is 65.9 Å². The van der Waals surface area contributed by atoms with Crippen LogP contribution >= 0.6 is 0 Å². The summed E-state index contributed by atoms with van der Waals surface area (Å²) in [5.41, 5.74) is -0.745. The number of hydrogen-bond donors (Lipinski definition) is 2. The first-order chi connectivity index (χ1) is 11.1. The number of imide groups is 1. The van der Waals surface area contributed by atoms with Crippen molar-refractivity contribution in [3.05, 3.63) is 0 Å². The van der Waals surface area contributed by atoms with Crippen LogP contribution in [0.4, 0.5) is 4.79 Å². The van der Waals surface area contributed by atoms with Crippen LogP contribution in [0.1, 0.15) is 44.9 Å². The second-order valence-electron chi connectivity index (χ2n) is 6.93. The number of urea groups is 1. The van der Waals surface area contributed by atoms with E-state index in [2.05, 4.69) is 10.6 Å². The Morgan fingerprint density at radius 2 is 2.00 bits per heavy atom. The second-order valence-corrected chi connectivity index (χ2v) is 6.93. The summed E-state index contributed by atoms with van der Waals surface area (Å²) < 4.78 is 0. The van der Waals surface area contributed by atoms with E-state index in [1.807, 2.05) is 7.05 Å². The lowest BCUT2D eigenvalue weighted by molar-refractivity contribution is -0.140. The van der Waals surface area contributed by atoms with Gasteiger partial charge in [-0.25, -0.2) is 4.79 Å². The van der Waals surface area contributed by atoms with Gasteiger partial charge in [-0.1, -0.05) is 19.3 Å². The summed E-state index contributed by atoms with van der Waals surface area (Å²) in [5, 5.41) is 6.04. The number of likely N-dealkylation sites (N-methyl/N-ethyl adjacent to an activating group) is 1. The van der Waals surface area contributed by atoms with Gasteiger partial charge >= 0.3 is 6.03 Å². The van der Waals surface area contributed by atoms with E-state index in [4.69, 9.17) is 0 Å². The summed E-state index contributed by atoms with van der Waals surface area (Å²) in [6, 6.07) is -0.118. The summed E-state index contributed by atoms with van der Waals surface area (Å²) in [6.45, 7) is 1.21. The molecule has 0 aromatic heterocycles. The van der Waals surface area contributed by atoms with Crippen LogP contribution in [0.25, 0.3) is 0 Å². The average molecular weight is 322 g/mol. The van der Waals surface area contributed by atoms with Gasteiger partial charge in [0.15, 0.2) is 0 Å². The number of amides is 4. The fourth-order valence-electron chi connectivity index (χ4n) is 3.99. The minimum Gasteiger partial charge on any atom is -0.340 e. The third-order valence-electron chi connectivity index (χ3n) is 5.43. The van der Waals surface area contributed by atoms with E-state index < -0.39 is 11.6 Å². The van der Waals surface area contributed by atoms with Gasteiger partial charge in [-0.3, -0.25) is 14.5 Å². The molecule has 0 aromatic carbocycles. The molecule has 0 aromatic rings. The molecule has 2 N–H and O–H groups in total. The summed E-state index contributed by atoms with van der Waals surface area (Å²) in [7, 11) is 1.89. The Balaban J connectivity index is 1.64. The predicted molar refractivity (Wildman–Crippen MR) is 84.7 cm³/mol. The van der Waals surface area contributed by atoms with Crippen molar-refractivity contribution in [2.45, 2.75) is 56.5 Å². The van der Waals surface area contributed by atoms with Gasteiger partial charge < -0.3 is 15.5 Å². The van der Waals surface area contributed by atoms with Crippen molar-refractivity contribution < 1.29 is 14.4 Å². The number of carbonyl (C=O) groups is 3. The maximum atomic E-state index is 12.7. The third-order valence-corrected chi connectivity index (χ3v) is 5.43. The van der Waals surface area contributed by atoms with E-state index in [1.165, 1.54) is 0 Å². The molecule has 1 unspecified atom stereocenters. The topological polar surface area (TPSA) is 81.8 Å². The van der Waals surface area contributed by atoms with Gasteiger partial charge in [0.1, 0.15) is 12.1 Å². The molecule has 3 fully saturated rings. The fraction of sp³-hybridized carbons (Fsp3) is 0.812. The SMILES string of the molecule is CNC1CCCN(C(=O)CN2C(=O)NC3(CCCCC3)C2=O)C1. The average Bonchev–Trinajstić information content (AvgIpc) is 2.79. The van der Waals surface area contributed by atoms with Crippen LogP contribution in [0, 0.1) is 0 Å². The van der Waals surface area contributed by atoms with Crippen molar-refractivity contribution >= 4 is 17.8 Å². The molecule has 7 nitrogen and oxygen atoms in total. The highest BCUT2D eigenvalue weighted by atomic mass is 16.2. The van der Waals surface area contributed by atoms with Gasteiger partial charge in [-0.2, -0.15) is 0 Å². The number of carbonyl (C=O) groups excluding carboxylic acids is 3. The zero-order valence-electron chi connectivity index (χ0n) is 13.8. The summed E-state index contributed by atoms with van der Waals surface area (Å²) in [6.07, 6.45) is 6.37. The van der Waals surface area contributed by atoms with Gasteiger partial charge in [0.05, 0.1) is 0 Å². The van der Waals surface area contributed by atoms with Crippen molar-refractivity contribution in [3.63, 3.8) is 0 Å². The molecule has 2 aliphatic heterocycles. The maximum absolute atomic E-state index is 12.7. The molecule has 2 heterocycles. The van der Waals surface area contributed by atoms with Crippen LogP contribution < -0.4 is 10.6 Å². The Hall–Kier alpha value is -1.63. The first kappa shape index (κ1) is 16.2. The fourth-order valence-corrected chi connectivity index (χ4v) is 3.99. The van der Waals surface area contributed by atoms with E-state index in [-0.39, 0.29) is 18.4 Å². The number of piperidine rings is 1. The monoisotopic (exact) mass is 322 g/mol. The van der Waals surface area contributed by atoms with Gasteiger partial charge in [-0.05, 0) is 32.7 Å². The first-order valence-electron chi connectivity index (χ1n) is 8.65. The zero-order chi connectivity index (χ0) is 16.4. The molecule has 23 heavy (non-hydrogen) atoms. The molecule has 0 radical (unpaired) electrons. The first-order valence-corrected chi connectivity index (χ1v) is 8.65. The van der Waals surface area contributed by atoms with Crippen molar-refractivity contribution in [3.8, 4) is 0 Å². The minimum absolute atomic E-state index is 0.136. The lowest BCUT2D eigenvalue weighted by Gasteiger charge is -2.33. The molecule has 7 heteroatoms. The van der Waals surface area contributed by atoms with E-state index in [0.717, 1.165) is 37.0 Å². The lowest BCUT2D eigenvalue weighted by atomic mass is 9.82. The van der Waals surface area contributed by atoms with Gasteiger partial charge in [0.2, 0.25) is 5.91 Å². The smallest absolute Gasteiger partial charge is 0.325 e. The van der Waals surface area contributed by atoms with E-state index in [9.17, 15) is 14.4 Å². The normalized spacial score (nSPS) is 27.4. The van der Waals surface area contributed by atoms with Gasteiger partial charge in [0.25, 0.3) is 5.91 Å². The molecule has 1 atom stereocenters. The molecule has 1 spiro atoms. The molecule has 128 valence electrons. The highest BCUT2D eigenvalue weighted by Crippen LogP contribution is 2.33. The molecular weight excluding hydrogens is 296 g/mol. The summed E-state index contributed by atoms with van der Waals surface area (Å²) >= 11 is 0. The standard InChI is InChI=1S/C16H26N4O3/c1-17-12-6-5-9-19(10-12)13(21)11-20-14(22)16(18-15(20)23)7-3-2-4-8-16/h12,17H,2-11H2,1H3,(H,18,23). The minimum atomic E-state index is -0.745. The third kappa shape index (κ3) is 3.06. The Morgan fingerprint density at radius 3 is 2.70 bits per heavy atom. The van der Waals surface area contributed by atoms with Crippen molar-refractivity contribution in [2.75, 3.05) is 26.7 Å². The van der Waals surface area contributed by atoms with Crippen LogP contribution in [0.5, 0.6) is 0 Å². The predicted octanol–water partition coefficient (Wildman–Crippen LogP) is 0.452. The molecule has 1 aliphatic carbocycles. The van der Waals surface area contributed by atoms with E-state index in [0.29, 0.717) is 32.0 Å². The van der Waals surface area contributed by atoms with Gasteiger partial charge in [0, 0.05) is 19.1 Å². The lowest BCUT2D eigenvalue weighted by Crippen LogP contribution is -2.51. The highest BCUT2D eigenvalue weighted by molar-refractivity contribution is 6.09. The molecule has 3 rings (SSSR count). The summed E-state index contributed by atoms with van der Waals surface area (Å²) in [4.78, 5) is 40.3. The van der Waals surface area contributed by atoms with Crippen LogP contribution in [-0.2, 0) is 9.59 Å². The summed E-state index contributed by atoms with van der Waals surface area (Å²) in [5.74, 6) is -0.348. The van der Waals surface area contributed by atoms with Crippen LogP contribution in [0.2, 0.25) is 0 Å².